The third-order valence-electron chi connectivity index (χ3n) is 4.56. The lowest BCUT2D eigenvalue weighted by Gasteiger charge is -2.17. The van der Waals surface area contributed by atoms with E-state index in [2.05, 4.69) is 10.3 Å². The smallest absolute Gasteiger partial charge is 0.252 e. The summed E-state index contributed by atoms with van der Waals surface area (Å²) in [6.07, 6.45) is 5.37. The summed E-state index contributed by atoms with van der Waals surface area (Å²) >= 11 is 0. The average Bonchev–Trinajstić information content (AvgIpc) is 3.23. The number of imidazole rings is 1. The number of carbonyl (C=O) groups is 1. The van der Waals surface area contributed by atoms with Crippen LogP contribution in [-0.2, 0) is 0 Å². The zero-order valence-electron chi connectivity index (χ0n) is 15.9. The van der Waals surface area contributed by atoms with Gasteiger partial charge in [-0.15, -0.1) is 0 Å². The lowest BCUT2D eigenvalue weighted by Crippen LogP contribution is -2.26. The molecule has 0 saturated carbocycles. The molecule has 0 aliphatic carbocycles. The Morgan fingerprint density at radius 3 is 2.26 bits per heavy atom. The first-order valence-electron chi connectivity index (χ1n) is 8.65. The highest BCUT2D eigenvalue weighted by Gasteiger charge is 2.16. The van der Waals surface area contributed by atoms with Crippen molar-refractivity contribution in [2.24, 2.45) is 0 Å². The minimum absolute atomic E-state index is 0.146. The lowest BCUT2D eigenvalue weighted by atomic mass is 10.1. The van der Waals surface area contributed by atoms with Crippen LogP contribution in [0.15, 0.2) is 55.1 Å². The Bertz CT molecular complexity index is 893. The van der Waals surface area contributed by atoms with Crippen molar-refractivity contribution >= 4 is 5.91 Å². The maximum atomic E-state index is 12.7. The number of hydrogen-bond acceptors (Lipinski definition) is 4. The summed E-state index contributed by atoms with van der Waals surface area (Å²) in [5.41, 5.74) is 3.39. The monoisotopic (exact) mass is 365 g/mol. The number of aromatic nitrogens is 2. The molecule has 6 nitrogen and oxygen atoms in total. The highest BCUT2D eigenvalue weighted by Crippen LogP contribution is 2.29. The molecule has 1 amide bonds. The Morgan fingerprint density at radius 1 is 1.11 bits per heavy atom. The zero-order chi connectivity index (χ0) is 19.4. The lowest BCUT2D eigenvalue weighted by molar-refractivity contribution is 0.0939. The van der Waals surface area contributed by atoms with Gasteiger partial charge in [0.1, 0.15) is 11.5 Å². The third-order valence-corrected chi connectivity index (χ3v) is 4.56. The average molecular weight is 365 g/mol. The van der Waals surface area contributed by atoms with Gasteiger partial charge in [0.15, 0.2) is 0 Å². The van der Waals surface area contributed by atoms with Gasteiger partial charge in [0.2, 0.25) is 0 Å². The van der Waals surface area contributed by atoms with Gasteiger partial charge in [-0.3, -0.25) is 4.79 Å². The standard InChI is InChI=1S/C21H23N3O3/c1-14-19(26-3)11-17(12-20(14)27-4)21(25)23-15(2)16-5-7-18(8-6-16)24-10-9-22-13-24/h5-13,15H,1-4H3,(H,23,25)/t15-/m1/s1. The quantitative estimate of drug-likeness (QED) is 0.724. The van der Waals surface area contributed by atoms with E-state index in [4.69, 9.17) is 9.47 Å². The van der Waals surface area contributed by atoms with Gasteiger partial charge in [-0.2, -0.15) is 0 Å². The fourth-order valence-corrected chi connectivity index (χ4v) is 2.93. The molecule has 0 bridgehead atoms. The van der Waals surface area contributed by atoms with Crippen molar-refractivity contribution in [3.8, 4) is 17.2 Å². The second kappa shape index (κ2) is 7.95. The Hall–Kier alpha value is -3.28. The summed E-state index contributed by atoms with van der Waals surface area (Å²) in [6, 6.07) is 11.3. The third kappa shape index (κ3) is 3.95. The maximum absolute atomic E-state index is 12.7. The molecular formula is C21H23N3O3. The number of amides is 1. The van der Waals surface area contributed by atoms with Gasteiger partial charge in [-0.25, -0.2) is 4.98 Å². The first-order chi connectivity index (χ1) is 13.0. The van der Waals surface area contributed by atoms with Crippen LogP contribution in [0.5, 0.6) is 11.5 Å². The van der Waals surface area contributed by atoms with Crippen molar-refractivity contribution in [2.45, 2.75) is 19.9 Å². The van der Waals surface area contributed by atoms with Crippen molar-refractivity contribution in [3.63, 3.8) is 0 Å². The second-order valence-electron chi connectivity index (χ2n) is 6.26. The van der Waals surface area contributed by atoms with Gasteiger partial charge in [0.25, 0.3) is 5.91 Å². The number of rotatable bonds is 6. The molecule has 0 aliphatic rings. The fourth-order valence-electron chi connectivity index (χ4n) is 2.93. The normalized spacial score (nSPS) is 11.7. The first-order valence-corrected chi connectivity index (χ1v) is 8.65. The van der Waals surface area contributed by atoms with Crippen LogP contribution in [0.25, 0.3) is 5.69 Å². The van der Waals surface area contributed by atoms with E-state index in [1.54, 1.807) is 38.9 Å². The Labute approximate surface area is 158 Å². The van der Waals surface area contributed by atoms with Gasteiger partial charge in [-0.05, 0) is 43.7 Å². The SMILES string of the molecule is COc1cc(C(=O)N[C@H](C)c2ccc(-n3ccnc3)cc2)cc(OC)c1C. The number of nitrogens with zero attached hydrogens (tertiary/aromatic N) is 2. The second-order valence-corrected chi connectivity index (χ2v) is 6.26. The van der Waals surface area contributed by atoms with Crippen LogP contribution in [0.3, 0.4) is 0 Å². The van der Waals surface area contributed by atoms with Gasteiger partial charge in [0, 0.05) is 29.2 Å². The summed E-state index contributed by atoms with van der Waals surface area (Å²) in [7, 11) is 3.15. The van der Waals surface area contributed by atoms with E-state index in [1.807, 2.05) is 48.9 Å². The van der Waals surface area contributed by atoms with Crippen LogP contribution < -0.4 is 14.8 Å². The van der Waals surface area contributed by atoms with E-state index in [0.29, 0.717) is 17.1 Å². The van der Waals surface area contributed by atoms with Gasteiger partial charge in [0.05, 0.1) is 26.6 Å². The molecule has 3 rings (SSSR count). The molecule has 1 heterocycles. The molecular weight excluding hydrogens is 342 g/mol. The number of ether oxygens (including phenoxy) is 2. The largest absolute Gasteiger partial charge is 0.496 e. The predicted octanol–water partition coefficient (Wildman–Crippen LogP) is 3.69. The number of carbonyl (C=O) groups excluding carboxylic acids is 1. The molecule has 27 heavy (non-hydrogen) atoms. The number of methoxy groups -OCH3 is 2. The number of hydrogen-bond donors (Lipinski definition) is 1. The van der Waals surface area contributed by atoms with E-state index in [1.165, 1.54) is 0 Å². The highest BCUT2D eigenvalue weighted by atomic mass is 16.5. The van der Waals surface area contributed by atoms with Crippen LogP contribution in [0, 0.1) is 6.92 Å². The van der Waals surface area contributed by atoms with Crippen LogP contribution >= 0.6 is 0 Å². The van der Waals surface area contributed by atoms with Gasteiger partial charge < -0.3 is 19.4 Å². The molecule has 1 atom stereocenters. The molecule has 6 heteroatoms. The Morgan fingerprint density at radius 2 is 1.74 bits per heavy atom. The minimum atomic E-state index is -0.183. The summed E-state index contributed by atoms with van der Waals surface area (Å²) in [6.45, 7) is 3.84. The van der Waals surface area contributed by atoms with Crippen molar-refractivity contribution in [1.29, 1.82) is 0 Å². The fraction of sp³-hybridized carbons (Fsp3) is 0.238. The zero-order valence-corrected chi connectivity index (χ0v) is 15.9. The molecule has 140 valence electrons. The van der Waals surface area contributed by atoms with Gasteiger partial charge in [-0.1, -0.05) is 12.1 Å². The molecule has 0 aliphatic heterocycles. The van der Waals surface area contributed by atoms with E-state index >= 15 is 0 Å². The molecule has 0 fully saturated rings. The Balaban J connectivity index is 1.76. The van der Waals surface area contributed by atoms with Crippen molar-refractivity contribution in [3.05, 3.63) is 71.8 Å². The number of benzene rings is 2. The number of nitrogens with one attached hydrogen (secondary N) is 1. The molecule has 0 saturated heterocycles. The van der Waals surface area contributed by atoms with E-state index in [9.17, 15) is 4.79 Å². The summed E-state index contributed by atoms with van der Waals surface area (Å²) < 4.78 is 12.6. The Kier molecular flexibility index (Phi) is 5.45. The van der Waals surface area contributed by atoms with Crippen molar-refractivity contribution < 1.29 is 14.3 Å². The van der Waals surface area contributed by atoms with Gasteiger partial charge >= 0.3 is 0 Å². The summed E-state index contributed by atoms with van der Waals surface area (Å²) in [5, 5.41) is 3.02. The first kappa shape index (κ1) is 18.5. The maximum Gasteiger partial charge on any atom is 0.252 e. The molecule has 0 unspecified atom stereocenters. The van der Waals surface area contributed by atoms with E-state index in [0.717, 1.165) is 16.8 Å². The topological polar surface area (TPSA) is 65.4 Å². The molecule has 1 N–H and O–H groups in total. The summed E-state index contributed by atoms with van der Waals surface area (Å²) in [4.78, 5) is 16.7. The van der Waals surface area contributed by atoms with Crippen LogP contribution in [0.4, 0.5) is 0 Å². The van der Waals surface area contributed by atoms with E-state index in [-0.39, 0.29) is 11.9 Å². The molecule has 0 radical (unpaired) electrons. The molecule has 2 aromatic carbocycles. The van der Waals surface area contributed by atoms with Crippen molar-refractivity contribution in [2.75, 3.05) is 14.2 Å². The molecule has 3 aromatic rings. The van der Waals surface area contributed by atoms with E-state index < -0.39 is 0 Å². The highest BCUT2D eigenvalue weighted by molar-refractivity contribution is 5.95. The predicted molar refractivity (Wildman–Crippen MR) is 104 cm³/mol. The molecule has 1 aromatic heterocycles. The van der Waals surface area contributed by atoms with Crippen LogP contribution in [0.1, 0.15) is 34.5 Å². The summed E-state index contributed by atoms with van der Waals surface area (Å²) in [5.74, 6) is 1.06. The van der Waals surface area contributed by atoms with Crippen molar-refractivity contribution in [1.82, 2.24) is 14.9 Å². The minimum Gasteiger partial charge on any atom is -0.496 e. The van der Waals surface area contributed by atoms with Crippen LogP contribution in [0.2, 0.25) is 0 Å². The molecule has 0 spiro atoms. The van der Waals surface area contributed by atoms with Crippen LogP contribution in [-0.4, -0.2) is 29.7 Å².